The number of allylic oxidation sites excluding steroid dienone is 1. The first-order valence-electron chi connectivity index (χ1n) is 3.39. The van der Waals surface area contributed by atoms with E-state index in [-0.39, 0.29) is 5.78 Å². The molecule has 0 aliphatic rings. The fourth-order valence-corrected chi connectivity index (χ4v) is 0.632. The number of nitrogens with zero attached hydrogens (tertiary/aromatic N) is 2. The minimum atomic E-state index is 0.0318. The summed E-state index contributed by atoms with van der Waals surface area (Å²) in [5.74, 6) is 0.0318. The number of rotatable bonds is 3. The van der Waals surface area contributed by atoms with E-state index in [1.807, 2.05) is 19.0 Å². The Morgan fingerprint density at radius 2 is 2.00 bits per heavy atom. The van der Waals surface area contributed by atoms with Gasteiger partial charge < -0.3 is 4.90 Å². The van der Waals surface area contributed by atoms with Gasteiger partial charge in [0.25, 0.3) is 0 Å². The van der Waals surface area contributed by atoms with E-state index < -0.39 is 0 Å². The summed E-state index contributed by atoms with van der Waals surface area (Å²) in [4.78, 5) is 16.5. The van der Waals surface area contributed by atoms with Crippen LogP contribution in [0.25, 0.3) is 0 Å². The van der Waals surface area contributed by atoms with Gasteiger partial charge in [0.05, 0.1) is 5.57 Å². The zero-order chi connectivity index (χ0) is 8.85. The maximum Gasteiger partial charge on any atom is 0.162 e. The molecule has 0 aliphatic heterocycles. The molecule has 11 heavy (non-hydrogen) atoms. The Kier molecular flexibility index (Phi) is 4.18. The maximum atomic E-state index is 10.9. The van der Waals surface area contributed by atoms with Crippen molar-refractivity contribution in [3.8, 4) is 0 Å². The molecule has 0 aromatic heterocycles. The van der Waals surface area contributed by atoms with Gasteiger partial charge in [0.15, 0.2) is 5.78 Å². The van der Waals surface area contributed by atoms with Crippen molar-refractivity contribution in [2.45, 2.75) is 6.92 Å². The van der Waals surface area contributed by atoms with Crippen LogP contribution >= 0.6 is 0 Å². The molecule has 0 spiro atoms. The van der Waals surface area contributed by atoms with Crippen LogP contribution in [0.3, 0.4) is 0 Å². The van der Waals surface area contributed by atoms with E-state index in [0.29, 0.717) is 5.57 Å². The van der Waals surface area contributed by atoms with Gasteiger partial charge in [-0.25, -0.2) is 0 Å². The lowest BCUT2D eigenvalue weighted by atomic mass is 10.2. The van der Waals surface area contributed by atoms with Crippen LogP contribution in [-0.4, -0.2) is 38.0 Å². The highest BCUT2D eigenvalue weighted by Gasteiger charge is 1.98. The first-order valence-corrected chi connectivity index (χ1v) is 3.39. The highest BCUT2D eigenvalue weighted by atomic mass is 16.1. The minimum absolute atomic E-state index is 0.0318. The molecule has 62 valence electrons. The summed E-state index contributed by atoms with van der Waals surface area (Å²) < 4.78 is 0. The molecule has 0 radical (unpaired) electrons. The van der Waals surface area contributed by atoms with E-state index in [0.717, 1.165) is 0 Å². The Balaban J connectivity index is 4.46. The minimum Gasteiger partial charge on any atom is -0.383 e. The zero-order valence-corrected chi connectivity index (χ0v) is 7.46. The third-order valence-corrected chi connectivity index (χ3v) is 1.07. The molecule has 0 aromatic carbocycles. The molecule has 0 amide bonds. The molecule has 0 bridgehead atoms. The van der Waals surface area contributed by atoms with Crippen molar-refractivity contribution in [1.82, 2.24) is 4.90 Å². The van der Waals surface area contributed by atoms with E-state index in [9.17, 15) is 4.79 Å². The van der Waals surface area contributed by atoms with Crippen molar-refractivity contribution in [2.75, 3.05) is 21.1 Å². The van der Waals surface area contributed by atoms with E-state index in [2.05, 4.69) is 4.99 Å². The Bertz CT molecular complexity index is 192. The van der Waals surface area contributed by atoms with E-state index >= 15 is 0 Å². The van der Waals surface area contributed by atoms with Crippen LogP contribution in [0.4, 0.5) is 0 Å². The van der Waals surface area contributed by atoms with Crippen LogP contribution in [0.5, 0.6) is 0 Å². The highest BCUT2D eigenvalue weighted by Crippen LogP contribution is 1.93. The topological polar surface area (TPSA) is 32.7 Å². The molecule has 3 heteroatoms. The Morgan fingerprint density at radius 3 is 2.27 bits per heavy atom. The predicted octanol–water partition coefficient (Wildman–Crippen LogP) is 0.722. The number of hydrogen-bond donors (Lipinski definition) is 0. The molecule has 0 aliphatic carbocycles. The van der Waals surface area contributed by atoms with Gasteiger partial charge in [-0.1, -0.05) is 0 Å². The van der Waals surface area contributed by atoms with Crippen LogP contribution in [0.15, 0.2) is 16.8 Å². The van der Waals surface area contributed by atoms with Gasteiger partial charge in [-0.05, 0) is 6.92 Å². The molecule has 0 atom stereocenters. The smallest absolute Gasteiger partial charge is 0.162 e. The number of carbonyl (C=O) groups excluding carboxylic acids is 1. The molecule has 0 saturated carbocycles. The second kappa shape index (κ2) is 4.66. The molecule has 0 heterocycles. The maximum absolute atomic E-state index is 10.9. The molecular weight excluding hydrogens is 140 g/mol. The number of Topliss-reactive ketones (excluding diaryl/α,β-unsaturated/α-hetero) is 1. The SMILES string of the molecule is C/N=C\C(=C/N(C)C)C(C)=O. The van der Waals surface area contributed by atoms with Crippen molar-refractivity contribution in [3.05, 3.63) is 11.8 Å². The summed E-state index contributed by atoms with van der Waals surface area (Å²) in [5.41, 5.74) is 0.623. The lowest BCUT2D eigenvalue weighted by Crippen LogP contribution is -2.07. The van der Waals surface area contributed by atoms with Gasteiger partial charge in [-0.15, -0.1) is 0 Å². The quantitative estimate of drug-likeness (QED) is 0.443. The Morgan fingerprint density at radius 1 is 1.45 bits per heavy atom. The van der Waals surface area contributed by atoms with Gasteiger partial charge in [0.1, 0.15) is 0 Å². The average Bonchev–Trinajstić information content (AvgIpc) is 1.86. The molecular formula is C8H14N2O. The third-order valence-electron chi connectivity index (χ3n) is 1.07. The van der Waals surface area contributed by atoms with E-state index in [4.69, 9.17) is 0 Å². The lowest BCUT2D eigenvalue weighted by Gasteiger charge is -2.05. The Hall–Kier alpha value is -1.12. The molecule has 0 aromatic rings. The summed E-state index contributed by atoms with van der Waals surface area (Å²) in [7, 11) is 5.38. The highest BCUT2D eigenvalue weighted by molar-refractivity contribution is 6.11. The molecule has 0 N–H and O–H groups in total. The van der Waals surface area contributed by atoms with Crippen LogP contribution in [0.2, 0.25) is 0 Å². The number of ketones is 1. The van der Waals surface area contributed by atoms with Crippen LogP contribution < -0.4 is 0 Å². The molecule has 0 fully saturated rings. The van der Waals surface area contributed by atoms with Crippen LogP contribution in [0, 0.1) is 0 Å². The number of hydrogen-bond acceptors (Lipinski definition) is 3. The average molecular weight is 154 g/mol. The second-order valence-corrected chi connectivity index (χ2v) is 2.49. The standard InChI is InChI=1S/C8H14N2O/c1-7(11)8(5-9-2)6-10(3)4/h5-6H,1-4H3/b8-6+,9-5-. The predicted molar refractivity (Wildman–Crippen MR) is 46.9 cm³/mol. The van der Waals surface area contributed by atoms with Crippen molar-refractivity contribution < 1.29 is 4.79 Å². The van der Waals surface area contributed by atoms with Gasteiger partial charge in [-0.3, -0.25) is 9.79 Å². The van der Waals surface area contributed by atoms with Gasteiger partial charge in [0.2, 0.25) is 0 Å². The molecule has 0 unspecified atom stereocenters. The van der Waals surface area contributed by atoms with Crippen molar-refractivity contribution in [3.63, 3.8) is 0 Å². The first kappa shape index (κ1) is 9.88. The molecule has 3 nitrogen and oxygen atoms in total. The fourth-order valence-electron chi connectivity index (χ4n) is 0.632. The monoisotopic (exact) mass is 154 g/mol. The zero-order valence-electron chi connectivity index (χ0n) is 7.46. The fraction of sp³-hybridized carbons (Fsp3) is 0.500. The third kappa shape index (κ3) is 4.31. The first-order chi connectivity index (χ1) is 5.07. The van der Waals surface area contributed by atoms with Gasteiger partial charge >= 0.3 is 0 Å². The van der Waals surface area contributed by atoms with E-state index in [1.54, 1.807) is 19.5 Å². The van der Waals surface area contributed by atoms with Crippen molar-refractivity contribution >= 4 is 12.0 Å². The number of aliphatic imine (C=N–C) groups is 1. The summed E-state index contributed by atoms with van der Waals surface area (Å²) in [5, 5.41) is 0. The van der Waals surface area contributed by atoms with Gasteiger partial charge in [-0.2, -0.15) is 0 Å². The summed E-state index contributed by atoms with van der Waals surface area (Å²) in [6.45, 7) is 1.52. The van der Waals surface area contributed by atoms with Crippen molar-refractivity contribution in [2.24, 2.45) is 4.99 Å². The molecule has 0 saturated heterocycles. The van der Waals surface area contributed by atoms with Gasteiger partial charge in [0, 0.05) is 33.6 Å². The molecule has 0 rings (SSSR count). The normalized spacial score (nSPS) is 12.2. The summed E-state index contributed by atoms with van der Waals surface area (Å²) >= 11 is 0. The summed E-state index contributed by atoms with van der Waals surface area (Å²) in [6, 6.07) is 0. The summed E-state index contributed by atoms with van der Waals surface area (Å²) in [6.07, 6.45) is 3.30. The van der Waals surface area contributed by atoms with Crippen LogP contribution in [0.1, 0.15) is 6.92 Å². The lowest BCUT2D eigenvalue weighted by molar-refractivity contribution is -0.113. The van der Waals surface area contributed by atoms with Crippen LogP contribution in [-0.2, 0) is 4.79 Å². The Labute approximate surface area is 67.4 Å². The van der Waals surface area contributed by atoms with E-state index in [1.165, 1.54) is 6.92 Å². The largest absolute Gasteiger partial charge is 0.383 e. The van der Waals surface area contributed by atoms with Crippen molar-refractivity contribution in [1.29, 1.82) is 0 Å². The number of carbonyl (C=O) groups is 1. The second-order valence-electron chi connectivity index (χ2n) is 2.49.